The predicted molar refractivity (Wildman–Crippen MR) is 84.2 cm³/mol. The lowest BCUT2D eigenvalue weighted by Crippen LogP contribution is -2.39. The Hall–Kier alpha value is -0.580. The number of hydrogen-bond donors (Lipinski definition) is 1. The van der Waals surface area contributed by atoms with Crippen LogP contribution in [0.4, 0.5) is 0 Å². The summed E-state index contributed by atoms with van der Waals surface area (Å²) in [5.74, 6) is 0.403. The number of rotatable bonds is 9. The molecule has 2 atom stereocenters. The van der Waals surface area contributed by atoms with E-state index in [4.69, 9.17) is 16.3 Å². The Kier molecular flexibility index (Phi) is 7.56. The molecule has 0 amide bonds. The van der Waals surface area contributed by atoms with Gasteiger partial charge in [0.25, 0.3) is 0 Å². The van der Waals surface area contributed by atoms with Crippen molar-refractivity contribution >= 4 is 11.6 Å². The number of likely N-dealkylation sites (N-methyl/N-ethyl adjacent to an activating group) is 1. The van der Waals surface area contributed by atoms with Crippen LogP contribution in [0.15, 0.2) is 6.20 Å². The van der Waals surface area contributed by atoms with E-state index in [1.807, 2.05) is 11.6 Å². The number of aromatic nitrogens is 2. The van der Waals surface area contributed by atoms with Crippen LogP contribution in [-0.2, 0) is 11.3 Å². The SMILES string of the molecule is CCCn1ncc(Cl)c1C(NCC)C(OCC)C(C)C. The zero-order chi connectivity index (χ0) is 15.1. The van der Waals surface area contributed by atoms with E-state index in [0.29, 0.717) is 12.5 Å². The maximum Gasteiger partial charge on any atom is 0.0835 e. The van der Waals surface area contributed by atoms with Crippen LogP contribution in [0.2, 0.25) is 5.02 Å². The molecule has 2 unspecified atom stereocenters. The van der Waals surface area contributed by atoms with E-state index >= 15 is 0 Å². The van der Waals surface area contributed by atoms with Crippen molar-refractivity contribution in [3.05, 3.63) is 16.9 Å². The Morgan fingerprint density at radius 3 is 2.55 bits per heavy atom. The molecule has 5 heteroatoms. The van der Waals surface area contributed by atoms with E-state index < -0.39 is 0 Å². The second-order valence-electron chi connectivity index (χ2n) is 5.30. The third kappa shape index (κ3) is 4.21. The lowest BCUT2D eigenvalue weighted by atomic mass is 9.96. The van der Waals surface area contributed by atoms with Crippen LogP contribution in [0.1, 0.15) is 52.8 Å². The van der Waals surface area contributed by atoms with Crippen molar-refractivity contribution in [3.63, 3.8) is 0 Å². The monoisotopic (exact) mass is 301 g/mol. The molecule has 1 aromatic heterocycles. The van der Waals surface area contributed by atoms with Gasteiger partial charge in [-0.1, -0.05) is 39.3 Å². The maximum absolute atomic E-state index is 6.38. The molecule has 20 heavy (non-hydrogen) atoms. The number of ether oxygens (including phenoxy) is 1. The lowest BCUT2D eigenvalue weighted by Gasteiger charge is -2.31. The Balaban J connectivity index is 3.14. The molecule has 0 saturated heterocycles. The third-order valence-corrected chi connectivity index (χ3v) is 3.62. The minimum absolute atomic E-state index is 0.0708. The van der Waals surface area contributed by atoms with Gasteiger partial charge in [0.2, 0.25) is 0 Å². The Labute approximate surface area is 127 Å². The number of hydrogen-bond acceptors (Lipinski definition) is 3. The largest absolute Gasteiger partial charge is 0.376 e. The van der Waals surface area contributed by atoms with Gasteiger partial charge in [-0.15, -0.1) is 0 Å². The highest BCUT2D eigenvalue weighted by Gasteiger charge is 2.30. The molecule has 0 aromatic carbocycles. The van der Waals surface area contributed by atoms with Crippen LogP contribution in [0.5, 0.6) is 0 Å². The standard InChI is InChI=1S/C15H28ClN3O/c1-6-9-19-14(12(16)10-18-19)13(17-7-2)15(11(4)5)20-8-3/h10-11,13,15,17H,6-9H2,1-5H3. The number of halogens is 1. The molecule has 1 heterocycles. The zero-order valence-electron chi connectivity index (χ0n) is 13.3. The lowest BCUT2D eigenvalue weighted by molar-refractivity contribution is 0.00110. The molecule has 0 fully saturated rings. The molecule has 0 aliphatic carbocycles. The van der Waals surface area contributed by atoms with Crippen molar-refractivity contribution in [1.29, 1.82) is 0 Å². The second kappa shape index (κ2) is 8.65. The van der Waals surface area contributed by atoms with E-state index in [-0.39, 0.29) is 12.1 Å². The van der Waals surface area contributed by atoms with Gasteiger partial charge in [0.1, 0.15) is 0 Å². The maximum atomic E-state index is 6.38. The molecule has 116 valence electrons. The van der Waals surface area contributed by atoms with Gasteiger partial charge in [-0.2, -0.15) is 5.10 Å². The quantitative estimate of drug-likeness (QED) is 0.756. The summed E-state index contributed by atoms with van der Waals surface area (Å²) < 4.78 is 7.97. The first-order valence-electron chi connectivity index (χ1n) is 7.62. The number of aryl methyl sites for hydroxylation is 1. The van der Waals surface area contributed by atoms with Crippen LogP contribution in [0.3, 0.4) is 0 Å². The van der Waals surface area contributed by atoms with Gasteiger partial charge < -0.3 is 10.1 Å². The minimum Gasteiger partial charge on any atom is -0.376 e. The van der Waals surface area contributed by atoms with Crippen molar-refractivity contribution < 1.29 is 4.74 Å². The molecule has 0 aliphatic rings. The fraction of sp³-hybridized carbons (Fsp3) is 0.800. The van der Waals surface area contributed by atoms with Gasteiger partial charge in [0, 0.05) is 13.2 Å². The number of nitrogens with one attached hydrogen (secondary N) is 1. The van der Waals surface area contributed by atoms with E-state index in [9.17, 15) is 0 Å². The van der Waals surface area contributed by atoms with Gasteiger partial charge in [-0.3, -0.25) is 4.68 Å². The van der Waals surface area contributed by atoms with Crippen LogP contribution in [0, 0.1) is 5.92 Å². The average Bonchev–Trinajstić information content (AvgIpc) is 2.75. The summed E-state index contributed by atoms with van der Waals surface area (Å²) in [6.07, 6.45) is 2.86. The second-order valence-corrected chi connectivity index (χ2v) is 5.71. The normalized spacial score (nSPS) is 14.8. The minimum atomic E-state index is 0.0708. The van der Waals surface area contributed by atoms with Crippen molar-refractivity contribution in [1.82, 2.24) is 15.1 Å². The van der Waals surface area contributed by atoms with Crippen LogP contribution < -0.4 is 5.32 Å². The molecular formula is C15H28ClN3O. The molecule has 1 N–H and O–H groups in total. The predicted octanol–water partition coefficient (Wildman–Crippen LogP) is 3.66. The summed E-state index contributed by atoms with van der Waals surface area (Å²) in [6.45, 7) is 13.1. The summed E-state index contributed by atoms with van der Waals surface area (Å²) >= 11 is 6.38. The van der Waals surface area contributed by atoms with E-state index in [2.05, 4.69) is 38.1 Å². The summed E-state index contributed by atoms with van der Waals surface area (Å²) in [5.41, 5.74) is 1.04. The van der Waals surface area contributed by atoms with Crippen LogP contribution >= 0.6 is 11.6 Å². The zero-order valence-corrected chi connectivity index (χ0v) is 14.1. The van der Waals surface area contributed by atoms with Crippen molar-refractivity contribution in [2.75, 3.05) is 13.2 Å². The summed E-state index contributed by atoms with van der Waals surface area (Å²) in [6, 6.07) is 0.0708. The fourth-order valence-corrected chi connectivity index (χ4v) is 2.78. The molecule has 1 rings (SSSR count). The Morgan fingerprint density at radius 2 is 2.05 bits per heavy atom. The van der Waals surface area contributed by atoms with Crippen molar-refractivity contribution in [2.24, 2.45) is 5.92 Å². The summed E-state index contributed by atoms with van der Waals surface area (Å²) in [7, 11) is 0. The summed E-state index contributed by atoms with van der Waals surface area (Å²) in [5, 5.41) is 8.64. The molecule has 0 bridgehead atoms. The van der Waals surface area contributed by atoms with Crippen molar-refractivity contribution in [2.45, 2.75) is 59.7 Å². The van der Waals surface area contributed by atoms with Gasteiger partial charge in [0.15, 0.2) is 0 Å². The average molecular weight is 302 g/mol. The molecular weight excluding hydrogens is 274 g/mol. The first kappa shape index (κ1) is 17.5. The van der Waals surface area contributed by atoms with E-state index in [0.717, 1.165) is 30.2 Å². The molecule has 0 saturated carbocycles. The van der Waals surface area contributed by atoms with E-state index in [1.54, 1.807) is 6.20 Å². The topological polar surface area (TPSA) is 39.1 Å². The fourth-order valence-electron chi connectivity index (χ4n) is 2.53. The van der Waals surface area contributed by atoms with Gasteiger partial charge in [0.05, 0.1) is 29.1 Å². The third-order valence-electron chi connectivity index (χ3n) is 3.33. The molecule has 1 aromatic rings. The molecule has 0 radical (unpaired) electrons. The number of nitrogens with zero attached hydrogens (tertiary/aromatic N) is 2. The van der Waals surface area contributed by atoms with E-state index in [1.165, 1.54) is 0 Å². The first-order valence-corrected chi connectivity index (χ1v) is 8.00. The highest BCUT2D eigenvalue weighted by molar-refractivity contribution is 6.31. The smallest absolute Gasteiger partial charge is 0.0835 e. The van der Waals surface area contributed by atoms with Gasteiger partial charge >= 0.3 is 0 Å². The first-order chi connectivity index (χ1) is 9.56. The highest BCUT2D eigenvalue weighted by Crippen LogP contribution is 2.30. The highest BCUT2D eigenvalue weighted by atomic mass is 35.5. The van der Waals surface area contributed by atoms with Crippen LogP contribution in [0.25, 0.3) is 0 Å². The molecule has 4 nitrogen and oxygen atoms in total. The van der Waals surface area contributed by atoms with Gasteiger partial charge in [-0.25, -0.2) is 0 Å². The molecule has 0 spiro atoms. The van der Waals surface area contributed by atoms with Crippen LogP contribution in [-0.4, -0.2) is 29.0 Å². The summed E-state index contributed by atoms with van der Waals surface area (Å²) in [4.78, 5) is 0. The van der Waals surface area contributed by atoms with Crippen molar-refractivity contribution in [3.8, 4) is 0 Å². The molecule has 0 aliphatic heterocycles. The Bertz CT molecular complexity index is 392. The Morgan fingerprint density at radius 1 is 1.35 bits per heavy atom. The van der Waals surface area contributed by atoms with Gasteiger partial charge in [-0.05, 0) is 25.8 Å².